The van der Waals surface area contributed by atoms with E-state index in [1.54, 1.807) is 11.8 Å². The van der Waals surface area contributed by atoms with Crippen molar-refractivity contribution in [2.45, 2.75) is 33.2 Å². The van der Waals surface area contributed by atoms with Crippen molar-refractivity contribution in [3.63, 3.8) is 0 Å². The fourth-order valence-electron chi connectivity index (χ4n) is 2.10. The van der Waals surface area contributed by atoms with Crippen molar-refractivity contribution < 1.29 is 9.53 Å². The Morgan fingerprint density at radius 3 is 2.90 bits per heavy atom. The van der Waals surface area contributed by atoms with Gasteiger partial charge in [-0.3, -0.25) is 4.79 Å². The lowest BCUT2D eigenvalue weighted by atomic mass is 10.0. The van der Waals surface area contributed by atoms with E-state index in [1.807, 2.05) is 25.1 Å². The molecule has 0 aliphatic carbocycles. The molecule has 5 nitrogen and oxygen atoms in total. The van der Waals surface area contributed by atoms with Crippen LogP contribution in [0.5, 0.6) is 5.75 Å². The van der Waals surface area contributed by atoms with Crippen LogP contribution in [-0.4, -0.2) is 27.7 Å². The minimum atomic E-state index is -0.00379. The Morgan fingerprint density at radius 2 is 2.20 bits per heavy atom. The maximum absolute atomic E-state index is 12.4. The number of nitrogens with zero attached hydrogens (tertiary/aromatic N) is 3. The van der Waals surface area contributed by atoms with Crippen LogP contribution in [-0.2, 0) is 13.0 Å². The molecule has 0 saturated heterocycles. The van der Waals surface area contributed by atoms with Crippen molar-refractivity contribution in [1.82, 2.24) is 14.8 Å². The number of carbonyl (C=O) groups excluding carboxylic acids is 1. The quantitative estimate of drug-likeness (QED) is 0.758. The number of benzene rings is 1. The van der Waals surface area contributed by atoms with Gasteiger partial charge in [0.15, 0.2) is 5.78 Å². The van der Waals surface area contributed by atoms with Crippen LogP contribution in [0, 0.1) is 6.92 Å². The summed E-state index contributed by atoms with van der Waals surface area (Å²) in [7, 11) is 1.57. The van der Waals surface area contributed by atoms with Crippen LogP contribution in [0.15, 0.2) is 24.5 Å². The standard InChI is InChI=1S/C15H19N3O2/c1-4-7-18-15(16-10-17-18)9-13(19)12-8-11(2)5-6-14(12)20-3/h5-6,8,10H,4,7,9H2,1-3H3. The van der Waals surface area contributed by atoms with Crippen LogP contribution in [0.2, 0.25) is 0 Å². The second kappa shape index (κ2) is 6.32. The Balaban J connectivity index is 2.23. The third kappa shape index (κ3) is 3.04. The van der Waals surface area contributed by atoms with E-state index in [9.17, 15) is 4.79 Å². The molecular weight excluding hydrogens is 254 g/mol. The molecule has 0 N–H and O–H groups in total. The predicted octanol–water partition coefficient (Wildman–Crippen LogP) is 2.43. The first-order valence-corrected chi connectivity index (χ1v) is 6.70. The van der Waals surface area contributed by atoms with Gasteiger partial charge in [-0.15, -0.1) is 0 Å². The number of ether oxygens (including phenoxy) is 1. The van der Waals surface area contributed by atoms with Gasteiger partial charge in [-0.1, -0.05) is 18.6 Å². The molecule has 0 atom stereocenters. The maximum atomic E-state index is 12.4. The fourth-order valence-corrected chi connectivity index (χ4v) is 2.10. The zero-order valence-corrected chi connectivity index (χ0v) is 12.1. The van der Waals surface area contributed by atoms with E-state index in [4.69, 9.17) is 4.74 Å². The third-order valence-electron chi connectivity index (χ3n) is 3.11. The largest absolute Gasteiger partial charge is 0.496 e. The molecule has 106 valence electrons. The van der Waals surface area contributed by atoms with E-state index in [0.717, 1.165) is 18.5 Å². The number of hydrogen-bond acceptors (Lipinski definition) is 4. The highest BCUT2D eigenvalue weighted by atomic mass is 16.5. The van der Waals surface area contributed by atoms with E-state index < -0.39 is 0 Å². The van der Waals surface area contributed by atoms with Gasteiger partial charge in [0.2, 0.25) is 0 Å². The Bertz CT molecular complexity index is 605. The lowest BCUT2D eigenvalue weighted by Gasteiger charge is -2.09. The van der Waals surface area contributed by atoms with Gasteiger partial charge < -0.3 is 4.74 Å². The maximum Gasteiger partial charge on any atom is 0.174 e. The second-order valence-corrected chi connectivity index (χ2v) is 4.70. The van der Waals surface area contributed by atoms with Crippen molar-refractivity contribution in [3.05, 3.63) is 41.5 Å². The Hall–Kier alpha value is -2.17. The summed E-state index contributed by atoms with van der Waals surface area (Å²) in [6, 6.07) is 5.59. The molecule has 2 aromatic rings. The first kappa shape index (κ1) is 14.2. The molecule has 2 rings (SSSR count). The van der Waals surface area contributed by atoms with Crippen LogP contribution in [0.3, 0.4) is 0 Å². The monoisotopic (exact) mass is 273 g/mol. The van der Waals surface area contributed by atoms with E-state index in [2.05, 4.69) is 17.0 Å². The van der Waals surface area contributed by atoms with Crippen LogP contribution >= 0.6 is 0 Å². The number of methoxy groups -OCH3 is 1. The third-order valence-corrected chi connectivity index (χ3v) is 3.11. The Morgan fingerprint density at radius 1 is 1.40 bits per heavy atom. The zero-order valence-electron chi connectivity index (χ0n) is 12.1. The van der Waals surface area contributed by atoms with Gasteiger partial charge >= 0.3 is 0 Å². The summed E-state index contributed by atoms with van der Waals surface area (Å²) < 4.78 is 7.03. The van der Waals surface area contributed by atoms with Crippen LogP contribution < -0.4 is 4.74 Å². The number of aromatic nitrogens is 3. The number of Topliss-reactive ketones (excluding diaryl/α,β-unsaturated/α-hetero) is 1. The number of aryl methyl sites for hydroxylation is 2. The van der Waals surface area contributed by atoms with Crippen molar-refractivity contribution >= 4 is 5.78 Å². The van der Waals surface area contributed by atoms with Gasteiger partial charge in [0.25, 0.3) is 0 Å². The van der Waals surface area contributed by atoms with Crippen LogP contribution in [0.25, 0.3) is 0 Å². The first-order chi connectivity index (χ1) is 9.65. The van der Waals surface area contributed by atoms with Gasteiger partial charge in [-0.05, 0) is 25.5 Å². The molecule has 0 saturated carbocycles. The SMILES string of the molecule is CCCn1ncnc1CC(=O)c1cc(C)ccc1OC. The van der Waals surface area contributed by atoms with Crippen LogP contribution in [0.1, 0.15) is 35.1 Å². The van der Waals surface area contributed by atoms with E-state index in [-0.39, 0.29) is 12.2 Å². The molecule has 0 spiro atoms. The summed E-state index contributed by atoms with van der Waals surface area (Å²) in [6.45, 7) is 4.79. The van der Waals surface area contributed by atoms with Crippen LogP contribution in [0.4, 0.5) is 0 Å². The fraction of sp³-hybridized carbons (Fsp3) is 0.400. The molecule has 1 aromatic carbocycles. The summed E-state index contributed by atoms with van der Waals surface area (Å²) in [5.74, 6) is 1.29. The summed E-state index contributed by atoms with van der Waals surface area (Å²) in [4.78, 5) is 16.6. The van der Waals surface area contributed by atoms with Gasteiger partial charge in [0, 0.05) is 6.54 Å². The van der Waals surface area contributed by atoms with Crippen molar-refractivity contribution in [1.29, 1.82) is 0 Å². The second-order valence-electron chi connectivity index (χ2n) is 4.70. The molecular formula is C15H19N3O2. The summed E-state index contributed by atoms with van der Waals surface area (Å²) in [5.41, 5.74) is 1.63. The summed E-state index contributed by atoms with van der Waals surface area (Å²) >= 11 is 0. The van der Waals surface area contributed by atoms with Crippen molar-refractivity contribution in [2.75, 3.05) is 7.11 Å². The normalized spacial score (nSPS) is 10.6. The molecule has 0 bridgehead atoms. The zero-order chi connectivity index (χ0) is 14.5. The summed E-state index contributed by atoms with van der Waals surface area (Å²) in [6.07, 6.45) is 2.68. The van der Waals surface area contributed by atoms with Crippen molar-refractivity contribution in [2.24, 2.45) is 0 Å². The van der Waals surface area contributed by atoms with Gasteiger partial charge in [-0.2, -0.15) is 5.10 Å². The minimum absolute atomic E-state index is 0.00379. The molecule has 1 heterocycles. The molecule has 0 aliphatic rings. The topological polar surface area (TPSA) is 57.0 Å². The molecule has 5 heteroatoms. The molecule has 0 amide bonds. The number of carbonyl (C=O) groups is 1. The molecule has 0 unspecified atom stereocenters. The molecule has 0 aliphatic heterocycles. The lowest BCUT2D eigenvalue weighted by Crippen LogP contribution is -2.12. The highest BCUT2D eigenvalue weighted by Gasteiger charge is 2.16. The lowest BCUT2D eigenvalue weighted by molar-refractivity contribution is 0.0986. The average molecular weight is 273 g/mol. The van der Waals surface area contributed by atoms with E-state index in [0.29, 0.717) is 17.1 Å². The average Bonchev–Trinajstić information content (AvgIpc) is 2.86. The Kier molecular flexibility index (Phi) is 4.50. The minimum Gasteiger partial charge on any atom is -0.496 e. The molecule has 1 aromatic heterocycles. The summed E-state index contributed by atoms with van der Waals surface area (Å²) in [5, 5.41) is 4.13. The highest BCUT2D eigenvalue weighted by Crippen LogP contribution is 2.21. The van der Waals surface area contributed by atoms with E-state index in [1.165, 1.54) is 6.33 Å². The van der Waals surface area contributed by atoms with E-state index >= 15 is 0 Å². The van der Waals surface area contributed by atoms with Gasteiger partial charge in [-0.25, -0.2) is 9.67 Å². The number of rotatable bonds is 6. The van der Waals surface area contributed by atoms with Crippen molar-refractivity contribution in [3.8, 4) is 5.75 Å². The van der Waals surface area contributed by atoms with Gasteiger partial charge in [0.05, 0.1) is 19.1 Å². The first-order valence-electron chi connectivity index (χ1n) is 6.70. The molecule has 0 radical (unpaired) electrons. The number of hydrogen-bond donors (Lipinski definition) is 0. The predicted molar refractivity (Wildman–Crippen MR) is 76.1 cm³/mol. The molecule has 0 fully saturated rings. The smallest absolute Gasteiger partial charge is 0.174 e. The molecule has 20 heavy (non-hydrogen) atoms. The Labute approximate surface area is 118 Å². The highest BCUT2D eigenvalue weighted by molar-refractivity contribution is 5.99. The van der Waals surface area contributed by atoms with Gasteiger partial charge in [0.1, 0.15) is 17.9 Å². The number of ketones is 1.